The van der Waals surface area contributed by atoms with Crippen molar-refractivity contribution in [1.82, 2.24) is 0 Å². The number of hydrogen-bond acceptors (Lipinski definition) is 6. The number of Topliss-reactive ketones (excluding diaryl/α,β-unsaturated/α-hetero) is 2. The second kappa shape index (κ2) is 7.34. The van der Waals surface area contributed by atoms with Crippen LogP contribution in [0.3, 0.4) is 0 Å². The lowest BCUT2D eigenvalue weighted by Crippen LogP contribution is -2.71. The maximum atomic E-state index is 12.8. The molecule has 0 heterocycles. The molecule has 28 heavy (non-hydrogen) atoms. The van der Waals surface area contributed by atoms with E-state index in [1.807, 2.05) is 0 Å². The number of aliphatic carboxylic acids is 2. The Morgan fingerprint density at radius 1 is 0.607 bits per heavy atom. The number of carboxylic acid groups (broad SMARTS) is 2. The van der Waals surface area contributed by atoms with E-state index in [1.54, 1.807) is 13.8 Å². The Bertz CT molecular complexity index is 866. The van der Waals surface area contributed by atoms with Gasteiger partial charge in [0.1, 0.15) is 0 Å². The third-order valence-electron chi connectivity index (χ3n) is 4.43. The number of benzene rings is 2. The van der Waals surface area contributed by atoms with Crippen molar-refractivity contribution in [3.63, 3.8) is 0 Å². The molecule has 2 rings (SSSR count). The SMILES string of the molecule is Cc1ccc(C(=O)[C@](O)(C(=O)O)[C@](O)(C(=O)O)C(=O)c2ccc(C)cc2)cc1. The van der Waals surface area contributed by atoms with Crippen LogP contribution in [0.4, 0.5) is 0 Å². The predicted molar refractivity (Wildman–Crippen MR) is 96.2 cm³/mol. The van der Waals surface area contributed by atoms with Gasteiger partial charge in [-0.2, -0.15) is 0 Å². The van der Waals surface area contributed by atoms with Gasteiger partial charge in [-0.25, -0.2) is 9.59 Å². The summed E-state index contributed by atoms with van der Waals surface area (Å²) >= 11 is 0. The summed E-state index contributed by atoms with van der Waals surface area (Å²) < 4.78 is 0. The highest BCUT2D eigenvalue weighted by molar-refractivity contribution is 6.28. The molecule has 0 unspecified atom stereocenters. The Labute approximate surface area is 159 Å². The first-order valence-corrected chi connectivity index (χ1v) is 8.10. The molecule has 146 valence electrons. The van der Waals surface area contributed by atoms with Gasteiger partial charge in [-0.05, 0) is 13.8 Å². The summed E-state index contributed by atoms with van der Waals surface area (Å²) in [7, 11) is 0. The van der Waals surface area contributed by atoms with Crippen molar-refractivity contribution in [3.05, 3.63) is 70.8 Å². The van der Waals surface area contributed by atoms with E-state index in [-0.39, 0.29) is 11.1 Å². The predicted octanol–water partition coefficient (Wildman–Crippen LogP) is 1.00. The van der Waals surface area contributed by atoms with E-state index >= 15 is 0 Å². The molecule has 8 nitrogen and oxygen atoms in total. The molecule has 0 aliphatic rings. The van der Waals surface area contributed by atoms with Crippen LogP contribution in [0.1, 0.15) is 31.8 Å². The highest BCUT2D eigenvalue weighted by Gasteiger charge is 2.69. The van der Waals surface area contributed by atoms with Crippen LogP contribution < -0.4 is 0 Å². The van der Waals surface area contributed by atoms with E-state index in [2.05, 4.69) is 0 Å². The first kappa shape index (κ1) is 20.9. The van der Waals surface area contributed by atoms with Gasteiger partial charge in [-0.15, -0.1) is 0 Å². The lowest BCUT2D eigenvalue weighted by Gasteiger charge is -2.34. The summed E-state index contributed by atoms with van der Waals surface area (Å²) in [6.07, 6.45) is 0. The van der Waals surface area contributed by atoms with Crippen LogP contribution in [-0.2, 0) is 9.59 Å². The molecule has 0 saturated heterocycles. The quantitative estimate of drug-likeness (QED) is 0.407. The standard InChI is InChI=1S/C20H18O8/c1-11-3-7-13(8-4-11)15(21)19(27,17(23)24)20(28,18(25)26)16(22)14-9-5-12(2)6-10-14/h3-10,27-28H,1-2H3,(H,23,24)(H,25,26)/t19-,20+. The van der Waals surface area contributed by atoms with Gasteiger partial charge in [0.2, 0.25) is 11.6 Å². The van der Waals surface area contributed by atoms with Gasteiger partial charge in [-0.1, -0.05) is 59.7 Å². The number of hydrogen-bond donors (Lipinski definition) is 4. The first-order valence-electron chi connectivity index (χ1n) is 8.10. The molecule has 0 aliphatic heterocycles. The molecular weight excluding hydrogens is 368 g/mol. The molecule has 0 bridgehead atoms. The second-order valence-corrected chi connectivity index (χ2v) is 6.42. The Morgan fingerprint density at radius 3 is 1.07 bits per heavy atom. The Kier molecular flexibility index (Phi) is 5.49. The molecule has 8 heteroatoms. The fraction of sp³-hybridized carbons (Fsp3) is 0.200. The third-order valence-corrected chi connectivity index (χ3v) is 4.43. The van der Waals surface area contributed by atoms with Gasteiger partial charge in [0.05, 0.1) is 0 Å². The van der Waals surface area contributed by atoms with Crippen LogP contribution in [0.2, 0.25) is 0 Å². The van der Waals surface area contributed by atoms with Crippen LogP contribution in [0.15, 0.2) is 48.5 Å². The zero-order valence-electron chi connectivity index (χ0n) is 15.0. The largest absolute Gasteiger partial charge is 0.479 e. The molecule has 0 fully saturated rings. The lowest BCUT2D eigenvalue weighted by molar-refractivity contribution is -0.187. The minimum absolute atomic E-state index is 0.383. The topological polar surface area (TPSA) is 149 Å². The summed E-state index contributed by atoms with van der Waals surface area (Å²) in [6.45, 7) is 3.37. The zero-order valence-corrected chi connectivity index (χ0v) is 15.0. The van der Waals surface area contributed by atoms with E-state index in [4.69, 9.17) is 0 Å². The fourth-order valence-electron chi connectivity index (χ4n) is 2.66. The van der Waals surface area contributed by atoms with Crippen molar-refractivity contribution in [2.24, 2.45) is 0 Å². The van der Waals surface area contributed by atoms with Crippen LogP contribution >= 0.6 is 0 Å². The van der Waals surface area contributed by atoms with Crippen molar-refractivity contribution in [3.8, 4) is 0 Å². The van der Waals surface area contributed by atoms with Crippen LogP contribution in [-0.4, -0.2) is 55.1 Å². The van der Waals surface area contributed by atoms with Crippen molar-refractivity contribution in [2.45, 2.75) is 25.0 Å². The zero-order chi connectivity index (χ0) is 21.3. The molecule has 4 N–H and O–H groups in total. The van der Waals surface area contributed by atoms with Crippen molar-refractivity contribution in [2.75, 3.05) is 0 Å². The van der Waals surface area contributed by atoms with Crippen LogP contribution in [0.5, 0.6) is 0 Å². The summed E-state index contributed by atoms with van der Waals surface area (Å²) in [5.41, 5.74) is -7.27. The average molecular weight is 386 g/mol. The van der Waals surface area contributed by atoms with E-state index in [9.17, 15) is 39.6 Å². The summed E-state index contributed by atoms with van der Waals surface area (Å²) in [4.78, 5) is 49.1. The maximum Gasteiger partial charge on any atom is 0.348 e. The van der Waals surface area contributed by atoms with Crippen molar-refractivity contribution < 1.29 is 39.6 Å². The second-order valence-electron chi connectivity index (χ2n) is 6.42. The number of aryl methyl sites for hydroxylation is 2. The molecule has 2 aromatic rings. The highest BCUT2D eigenvalue weighted by Crippen LogP contribution is 2.32. The summed E-state index contributed by atoms with van der Waals surface area (Å²) in [5.74, 6) is -8.01. The van der Waals surface area contributed by atoms with E-state index in [0.29, 0.717) is 11.1 Å². The monoisotopic (exact) mass is 386 g/mol. The summed E-state index contributed by atoms with van der Waals surface area (Å²) in [6, 6.07) is 10.3. The molecule has 0 amide bonds. The molecular formula is C20H18O8. The normalized spacial score (nSPS) is 15.1. The minimum atomic E-state index is -3.96. The van der Waals surface area contributed by atoms with Crippen LogP contribution in [0.25, 0.3) is 0 Å². The summed E-state index contributed by atoms with van der Waals surface area (Å²) in [5, 5.41) is 40.3. The average Bonchev–Trinajstić information content (AvgIpc) is 2.66. The number of carbonyl (C=O) groups excluding carboxylic acids is 2. The van der Waals surface area contributed by atoms with Crippen molar-refractivity contribution >= 4 is 23.5 Å². The van der Waals surface area contributed by atoms with E-state index in [0.717, 1.165) is 24.3 Å². The number of ketones is 2. The highest BCUT2D eigenvalue weighted by atomic mass is 16.5. The van der Waals surface area contributed by atoms with Gasteiger partial charge >= 0.3 is 11.9 Å². The van der Waals surface area contributed by atoms with Gasteiger partial charge in [-0.3, -0.25) is 9.59 Å². The van der Waals surface area contributed by atoms with Gasteiger partial charge in [0.15, 0.2) is 0 Å². The van der Waals surface area contributed by atoms with Gasteiger partial charge < -0.3 is 20.4 Å². The Morgan fingerprint density at radius 2 is 0.857 bits per heavy atom. The Hall–Kier alpha value is -3.36. The number of carbonyl (C=O) groups is 4. The van der Waals surface area contributed by atoms with Gasteiger partial charge in [0, 0.05) is 11.1 Å². The van der Waals surface area contributed by atoms with Gasteiger partial charge in [0.25, 0.3) is 11.2 Å². The number of aliphatic hydroxyl groups is 2. The van der Waals surface area contributed by atoms with Crippen LogP contribution in [0, 0.1) is 13.8 Å². The van der Waals surface area contributed by atoms with E-state index < -0.39 is 34.7 Å². The maximum absolute atomic E-state index is 12.8. The van der Waals surface area contributed by atoms with Crippen molar-refractivity contribution in [1.29, 1.82) is 0 Å². The molecule has 0 aromatic heterocycles. The number of rotatable bonds is 7. The Balaban J connectivity index is 2.69. The smallest absolute Gasteiger partial charge is 0.348 e. The third kappa shape index (κ3) is 3.19. The number of carboxylic acids is 2. The first-order chi connectivity index (χ1) is 13.0. The lowest BCUT2D eigenvalue weighted by atomic mass is 9.73. The molecule has 2 atom stereocenters. The molecule has 0 spiro atoms. The molecule has 0 saturated carbocycles. The molecule has 2 aromatic carbocycles. The molecule has 0 aliphatic carbocycles. The molecule has 0 radical (unpaired) electrons. The fourth-order valence-corrected chi connectivity index (χ4v) is 2.66. The minimum Gasteiger partial charge on any atom is -0.479 e. The van der Waals surface area contributed by atoms with E-state index in [1.165, 1.54) is 24.3 Å².